The molecule has 0 aliphatic carbocycles. The van der Waals surface area contributed by atoms with Crippen molar-refractivity contribution in [3.8, 4) is 11.8 Å². The Morgan fingerprint density at radius 1 is 1.21 bits per heavy atom. The summed E-state index contributed by atoms with van der Waals surface area (Å²) in [5, 5.41) is 25.5. The Labute approximate surface area is 169 Å². The van der Waals surface area contributed by atoms with Gasteiger partial charge in [-0.2, -0.15) is 5.26 Å². The molecule has 0 fully saturated rings. The second-order valence-corrected chi connectivity index (χ2v) is 7.08. The van der Waals surface area contributed by atoms with Gasteiger partial charge in [0.1, 0.15) is 11.6 Å². The van der Waals surface area contributed by atoms with Crippen LogP contribution in [0.25, 0.3) is 11.3 Å². The van der Waals surface area contributed by atoms with E-state index in [9.17, 15) is 0 Å². The van der Waals surface area contributed by atoms with Crippen molar-refractivity contribution >= 4 is 23.2 Å². The monoisotopic (exact) mass is 383 g/mol. The lowest BCUT2D eigenvalue weighted by atomic mass is 10.0. The summed E-state index contributed by atoms with van der Waals surface area (Å²) < 4.78 is 2.09. The first-order valence-electron chi connectivity index (χ1n) is 9.34. The van der Waals surface area contributed by atoms with Gasteiger partial charge in [-0.15, -0.1) is 10.2 Å². The zero-order valence-electron chi connectivity index (χ0n) is 16.3. The van der Waals surface area contributed by atoms with E-state index in [4.69, 9.17) is 16.4 Å². The van der Waals surface area contributed by atoms with Crippen LogP contribution in [0.15, 0.2) is 48.7 Å². The first-order chi connectivity index (χ1) is 14.1. The minimum atomic E-state index is 0.134. The van der Waals surface area contributed by atoms with Crippen LogP contribution in [0.3, 0.4) is 0 Å². The summed E-state index contributed by atoms with van der Waals surface area (Å²) in [5.74, 6) is 1.87. The molecule has 7 nitrogen and oxygen atoms in total. The third kappa shape index (κ3) is 3.05. The largest absolute Gasteiger partial charge is 0.404 e. The molecule has 1 aliphatic heterocycles. The minimum absolute atomic E-state index is 0.134. The van der Waals surface area contributed by atoms with E-state index < -0.39 is 0 Å². The third-order valence-electron chi connectivity index (χ3n) is 5.23. The van der Waals surface area contributed by atoms with Crippen molar-refractivity contribution in [3.63, 3.8) is 0 Å². The van der Waals surface area contributed by atoms with E-state index in [1.54, 1.807) is 0 Å². The molecule has 0 saturated carbocycles. The van der Waals surface area contributed by atoms with E-state index in [0.29, 0.717) is 17.7 Å². The molecule has 0 bridgehead atoms. The molecule has 2 heterocycles. The highest BCUT2D eigenvalue weighted by Crippen LogP contribution is 2.39. The van der Waals surface area contributed by atoms with Gasteiger partial charge in [0, 0.05) is 36.1 Å². The number of nitriles is 1. The van der Waals surface area contributed by atoms with E-state index >= 15 is 0 Å². The zero-order valence-corrected chi connectivity index (χ0v) is 16.3. The van der Waals surface area contributed by atoms with Crippen molar-refractivity contribution in [3.05, 3.63) is 71.4 Å². The van der Waals surface area contributed by atoms with Gasteiger partial charge in [-0.1, -0.05) is 13.0 Å². The highest BCUT2D eigenvalue weighted by molar-refractivity contribution is 6.08. The SMILES string of the molecule is Cc1nnc2n1-c1ccc(/C(C=N)=C/N)cc1N(c1ccc(C#N)cc1)C[C@H]2C. The Morgan fingerprint density at radius 2 is 1.97 bits per heavy atom. The summed E-state index contributed by atoms with van der Waals surface area (Å²) in [6, 6.07) is 15.7. The molecule has 2 aromatic carbocycles. The van der Waals surface area contributed by atoms with Gasteiger partial charge in [0.05, 0.1) is 23.0 Å². The number of nitrogens with two attached hydrogens (primary N) is 1. The summed E-state index contributed by atoms with van der Waals surface area (Å²) >= 11 is 0. The Kier molecular flexibility index (Phi) is 4.61. The molecule has 3 N–H and O–H groups in total. The maximum absolute atomic E-state index is 9.14. The highest BCUT2D eigenvalue weighted by atomic mass is 15.3. The van der Waals surface area contributed by atoms with Crippen LogP contribution in [0.4, 0.5) is 11.4 Å². The molecule has 7 heteroatoms. The molecule has 3 aromatic rings. The summed E-state index contributed by atoms with van der Waals surface area (Å²) in [6.07, 6.45) is 2.69. The lowest BCUT2D eigenvalue weighted by molar-refractivity contribution is 0.696. The van der Waals surface area contributed by atoms with Crippen LogP contribution >= 0.6 is 0 Å². The van der Waals surface area contributed by atoms with Gasteiger partial charge < -0.3 is 16.0 Å². The fourth-order valence-electron chi connectivity index (χ4n) is 3.75. The number of anilines is 2. The number of rotatable bonds is 3. The maximum Gasteiger partial charge on any atom is 0.142 e. The van der Waals surface area contributed by atoms with E-state index in [1.807, 2.05) is 49.4 Å². The van der Waals surface area contributed by atoms with Crippen LogP contribution in [0.1, 0.15) is 35.6 Å². The van der Waals surface area contributed by atoms with Crippen LogP contribution < -0.4 is 10.6 Å². The lowest BCUT2D eigenvalue weighted by Crippen LogP contribution is -2.22. The Bertz CT molecular complexity index is 1150. The van der Waals surface area contributed by atoms with Gasteiger partial charge in [0.15, 0.2) is 0 Å². The predicted octanol–water partition coefficient (Wildman–Crippen LogP) is 3.65. The standard InChI is InChI=1S/C22H21N7/c1-14-13-28(19-6-3-16(10-23)4-7-19)21-9-17(18(11-24)12-25)5-8-20(21)29-15(2)26-27-22(14)29/h3-9,11-12,14,24H,13,25H2,1-2H3/b18-12+,24-11?/t14-/m1/s1. The van der Waals surface area contributed by atoms with E-state index in [-0.39, 0.29) is 5.92 Å². The molecule has 29 heavy (non-hydrogen) atoms. The maximum atomic E-state index is 9.14. The molecular formula is C22H21N7. The molecule has 0 radical (unpaired) electrons. The average Bonchev–Trinajstić information content (AvgIpc) is 3.08. The van der Waals surface area contributed by atoms with Gasteiger partial charge >= 0.3 is 0 Å². The molecule has 144 valence electrons. The fourth-order valence-corrected chi connectivity index (χ4v) is 3.75. The summed E-state index contributed by atoms with van der Waals surface area (Å²) in [7, 11) is 0. The number of nitrogens with zero attached hydrogens (tertiary/aromatic N) is 5. The van der Waals surface area contributed by atoms with E-state index in [2.05, 4.69) is 32.7 Å². The molecule has 0 spiro atoms. The van der Waals surface area contributed by atoms with Crippen molar-refractivity contribution in [1.29, 1.82) is 10.7 Å². The van der Waals surface area contributed by atoms with Crippen molar-refractivity contribution in [1.82, 2.24) is 14.8 Å². The number of allylic oxidation sites excluding steroid dienone is 1. The van der Waals surface area contributed by atoms with Gasteiger partial charge in [-0.25, -0.2) is 0 Å². The summed E-state index contributed by atoms with van der Waals surface area (Å²) in [4.78, 5) is 2.22. The average molecular weight is 383 g/mol. The van der Waals surface area contributed by atoms with Crippen molar-refractivity contribution < 1.29 is 0 Å². The molecule has 1 aromatic heterocycles. The molecule has 0 saturated heterocycles. The predicted molar refractivity (Wildman–Crippen MR) is 114 cm³/mol. The van der Waals surface area contributed by atoms with Gasteiger partial charge in [-0.3, -0.25) is 4.57 Å². The molecule has 1 atom stereocenters. The Hall–Kier alpha value is -3.92. The number of benzene rings is 2. The molecule has 0 amide bonds. The van der Waals surface area contributed by atoms with Crippen LogP contribution in [0.5, 0.6) is 0 Å². The first kappa shape index (κ1) is 18.4. The number of hydrogen-bond acceptors (Lipinski definition) is 6. The second-order valence-electron chi connectivity index (χ2n) is 7.08. The fraction of sp³-hybridized carbons (Fsp3) is 0.182. The lowest BCUT2D eigenvalue weighted by Gasteiger charge is -2.27. The quantitative estimate of drug-likeness (QED) is 0.671. The molecular weight excluding hydrogens is 362 g/mol. The molecule has 1 aliphatic rings. The molecule has 0 unspecified atom stereocenters. The number of aryl methyl sites for hydroxylation is 1. The zero-order chi connectivity index (χ0) is 20.5. The van der Waals surface area contributed by atoms with Crippen molar-refractivity contribution in [2.24, 2.45) is 5.73 Å². The summed E-state index contributed by atoms with van der Waals surface area (Å²) in [6.45, 7) is 4.78. The third-order valence-corrected chi connectivity index (χ3v) is 5.23. The number of fused-ring (bicyclic) bond motifs is 3. The van der Waals surface area contributed by atoms with E-state index in [1.165, 1.54) is 12.4 Å². The van der Waals surface area contributed by atoms with Crippen LogP contribution in [-0.2, 0) is 0 Å². The topological polar surface area (TPSA) is 108 Å². The second kappa shape index (κ2) is 7.24. The highest BCUT2D eigenvalue weighted by Gasteiger charge is 2.28. The van der Waals surface area contributed by atoms with Crippen LogP contribution in [0, 0.1) is 23.7 Å². The van der Waals surface area contributed by atoms with Gasteiger partial charge in [0.2, 0.25) is 0 Å². The van der Waals surface area contributed by atoms with Crippen molar-refractivity contribution in [2.75, 3.05) is 11.4 Å². The van der Waals surface area contributed by atoms with Crippen molar-refractivity contribution in [2.45, 2.75) is 19.8 Å². The molecule has 4 rings (SSSR count). The Balaban J connectivity index is 1.96. The van der Waals surface area contributed by atoms with E-state index in [0.717, 1.165) is 34.3 Å². The summed E-state index contributed by atoms with van der Waals surface area (Å²) in [5.41, 5.74) is 10.8. The first-order valence-corrected chi connectivity index (χ1v) is 9.34. The Morgan fingerprint density at radius 3 is 2.62 bits per heavy atom. The minimum Gasteiger partial charge on any atom is -0.404 e. The van der Waals surface area contributed by atoms with Crippen LogP contribution in [0.2, 0.25) is 0 Å². The van der Waals surface area contributed by atoms with Gasteiger partial charge in [0.25, 0.3) is 0 Å². The number of nitrogens with one attached hydrogen (secondary N) is 1. The van der Waals surface area contributed by atoms with Crippen LogP contribution in [-0.4, -0.2) is 27.5 Å². The number of hydrogen-bond donors (Lipinski definition) is 2. The normalized spacial score (nSPS) is 15.8. The van der Waals surface area contributed by atoms with Gasteiger partial charge in [-0.05, 0) is 48.9 Å². The smallest absolute Gasteiger partial charge is 0.142 e. The number of aromatic nitrogens is 3.